The van der Waals surface area contributed by atoms with Gasteiger partial charge in [0.25, 0.3) is 5.92 Å². The van der Waals surface area contributed by atoms with Crippen molar-refractivity contribution in [2.45, 2.75) is 44.3 Å². The Morgan fingerprint density at radius 1 is 1.36 bits per heavy atom. The van der Waals surface area contributed by atoms with E-state index in [9.17, 15) is 8.78 Å². The van der Waals surface area contributed by atoms with Gasteiger partial charge in [0, 0.05) is 12.3 Å². The predicted molar refractivity (Wildman–Crippen MR) is 48.9 cm³/mol. The molecule has 0 aliphatic heterocycles. The average Bonchev–Trinajstić information content (AvgIpc) is 2.05. The Morgan fingerprint density at radius 2 is 2.07 bits per heavy atom. The lowest BCUT2D eigenvalue weighted by atomic mass is 9.89. The van der Waals surface area contributed by atoms with Gasteiger partial charge in [-0.3, -0.25) is 0 Å². The number of rotatable bonds is 2. The molecule has 1 aliphatic rings. The molecule has 0 radical (unpaired) electrons. The first-order valence-electron chi connectivity index (χ1n) is 4.94. The summed E-state index contributed by atoms with van der Waals surface area (Å²) in [6.07, 6.45) is 3.14. The molecule has 0 aromatic heterocycles. The van der Waals surface area contributed by atoms with Gasteiger partial charge in [-0.1, -0.05) is 12.5 Å². The molecular weight excluding hydrogens is 190 g/mol. The van der Waals surface area contributed by atoms with E-state index in [0.29, 0.717) is 12.8 Å². The summed E-state index contributed by atoms with van der Waals surface area (Å²) in [5.41, 5.74) is 0. The fourth-order valence-electron chi connectivity index (χ4n) is 1.75. The molecule has 0 amide bonds. The van der Waals surface area contributed by atoms with Crippen molar-refractivity contribution in [1.29, 1.82) is 0 Å². The van der Waals surface area contributed by atoms with Gasteiger partial charge >= 0.3 is 0 Å². The quantitative estimate of drug-likeness (QED) is 0.536. The highest BCUT2D eigenvalue weighted by Crippen LogP contribution is 2.35. The standard InChI is InChI=1S/C10H16F2O2/c11-10(12)6-4-2-1-3-5-8(10)7-9(13)14/h4,6,8-9,13-14H,1-3,5,7H2/b6-4-. The van der Waals surface area contributed by atoms with E-state index in [1.165, 1.54) is 6.08 Å². The molecular formula is C10H16F2O2. The molecule has 0 bridgehead atoms. The van der Waals surface area contributed by atoms with Crippen molar-refractivity contribution < 1.29 is 19.0 Å². The molecule has 14 heavy (non-hydrogen) atoms. The Kier molecular flexibility index (Phi) is 4.01. The van der Waals surface area contributed by atoms with Crippen LogP contribution < -0.4 is 0 Å². The molecule has 2 nitrogen and oxygen atoms in total. The molecule has 1 aliphatic carbocycles. The van der Waals surface area contributed by atoms with Crippen LogP contribution in [-0.4, -0.2) is 22.4 Å². The number of hydrogen-bond acceptors (Lipinski definition) is 2. The maximum atomic E-state index is 13.4. The second-order valence-corrected chi connectivity index (χ2v) is 3.77. The highest BCUT2D eigenvalue weighted by atomic mass is 19.3. The first-order valence-corrected chi connectivity index (χ1v) is 4.94. The topological polar surface area (TPSA) is 40.5 Å². The van der Waals surface area contributed by atoms with Crippen LogP contribution in [0.5, 0.6) is 0 Å². The van der Waals surface area contributed by atoms with E-state index in [1.54, 1.807) is 0 Å². The molecule has 1 atom stereocenters. The maximum Gasteiger partial charge on any atom is 0.269 e. The zero-order chi connectivity index (χ0) is 10.6. The minimum absolute atomic E-state index is 0.253. The lowest BCUT2D eigenvalue weighted by Crippen LogP contribution is -2.30. The van der Waals surface area contributed by atoms with E-state index in [1.807, 2.05) is 0 Å². The van der Waals surface area contributed by atoms with E-state index >= 15 is 0 Å². The van der Waals surface area contributed by atoms with Crippen molar-refractivity contribution >= 4 is 0 Å². The molecule has 0 saturated carbocycles. The van der Waals surface area contributed by atoms with Gasteiger partial charge in [-0.2, -0.15) is 0 Å². The fourth-order valence-corrected chi connectivity index (χ4v) is 1.75. The lowest BCUT2D eigenvalue weighted by Gasteiger charge is -2.26. The number of halogens is 2. The van der Waals surface area contributed by atoms with E-state index in [4.69, 9.17) is 10.2 Å². The van der Waals surface area contributed by atoms with Crippen LogP contribution in [0.25, 0.3) is 0 Å². The summed E-state index contributed by atoms with van der Waals surface area (Å²) >= 11 is 0. The summed E-state index contributed by atoms with van der Waals surface area (Å²) < 4.78 is 26.7. The first-order chi connectivity index (χ1) is 6.52. The van der Waals surface area contributed by atoms with Crippen LogP contribution >= 0.6 is 0 Å². The average molecular weight is 206 g/mol. The number of hydrogen-bond donors (Lipinski definition) is 2. The van der Waals surface area contributed by atoms with E-state index < -0.39 is 18.1 Å². The minimum atomic E-state index is -2.90. The molecule has 1 unspecified atom stereocenters. The van der Waals surface area contributed by atoms with Gasteiger partial charge in [0.15, 0.2) is 6.29 Å². The number of aliphatic hydroxyl groups excluding tert-OH is 1. The Balaban J connectivity index is 2.66. The van der Waals surface area contributed by atoms with Crippen molar-refractivity contribution in [3.05, 3.63) is 12.2 Å². The molecule has 0 aromatic rings. The third-order valence-electron chi connectivity index (χ3n) is 2.55. The van der Waals surface area contributed by atoms with Crippen LogP contribution in [0.15, 0.2) is 12.2 Å². The summed E-state index contributed by atoms with van der Waals surface area (Å²) in [7, 11) is 0. The van der Waals surface area contributed by atoms with E-state index in [2.05, 4.69) is 0 Å². The van der Waals surface area contributed by atoms with Crippen LogP contribution in [0.2, 0.25) is 0 Å². The number of aliphatic hydroxyl groups is 2. The van der Waals surface area contributed by atoms with Crippen LogP contribution in [0, 0.1) is 5.92 Å². The second kappa shape index (κ2) is 4.84. The minimum Gasteiger partial charge on any atom is -0.368 e. The molecule has 0 heterocycles. The zero-order valence-electron chi connectivity index (χ0n) is 8.00. The largest absolute Gasteiger partial charge is 0.368 e. The summed E-state index contributed by atoms with van der Waals surface area (Å²) in [6, 6.07) is 0. The van der Waals surface area contributed by atoms with Crippen molar-refractivity contribution in [3.8, 4) is 0 Å². The molecule has 0 fully saturated rings. The van der Waals surface area contributed by atoms with Crippen LogP contribution in [0.1, 0.15) is 32.1 Å². The molecule has 82 valence electrons. The van der Waals surface area contributed by atoms with E-state index in [0.717, 1.165) is 18.9 Å². The number of allylic oxidation sites excluding steroid dienone is 2. The van der Waals surface area contributed by atoms with E-state index in [-0.39, 0.29) is 6.42 Å². The summed E-state index contributed by atoms with van der Waals surface area (Å²) in [5.74, 6) is -3.84. The first kappa shape index (κ1) is 11.6. The summed E-state index contributed by atoms with van der Waals surface area (Å²) in [6.45, 7) is 0. The zero-order valence-corrected chi connectivity index (χ0v) is 8.00. The Bertz CT molecular complexity index is 202. The van der Waals surface area contributed by atoms with Crippen LogP contribution in [0.4, 0.5) is 8.78 Å². The molecule has 0 aromatic carbocycles. The fraction of sp³-hybridized carbons (Fsp3) is 0.800. The lowest BCUT2D eigenvalue weighted by molar-refractivity contribution is -0.0972. The van der Waals surface area contributed by atoms with Gasteiger partial charge < -0.3 is 10.2 Å². The third kappa shape index (κ3) is 3.35. The third-order valence-corrected chi connectivity index (χ3v) is 2.55. The van der Waals surface area contributed by atoms with Gasteiger partial charge in [0.1, 0.15) is 0 Å². The molecule has 0 spiro atoms. The van der Waals surface area contributed by atoms with Crippen molar-refractivity contribution in [3.63, 3.8) is 0 Å². The molecule has 4 heteroatoms. The molecule has 0 saturated heterocycles. The Hall–Kier alpha value is -0.480. The highest BCUT2D eigenvalue weighted by molar-refractivity contribution is 4.99. The smallest absolute Gasteiger partial charge is 0.269 e. The predicted octanol–water partition coefficient (Wildman–Crippen LogP) is 2.07. The highest BCUT2D eigenvalue weighted by Gasteiger charge is 2.37. The maximum absolute atomic E-state index is 13.4. The van der Waals surface area contributed by atoms with Gasteiger partial charge in [-0.25, -0.2) is 8.78 Å². The SMILES string of the molecule is OC(O)CC1CCCC/C=C\C1(F)F. The Morgan fingerprint density at radius 3 is 2.71 bits per heavy atom. The number of alkyl halides is 2. The monoisotopic (exact) mass is 206 g/mol. The van der Waals surface area contributed by atoms with Crippen LogP contribution in [0.3, 0.4) is 0 Å². The normalized spacial score (nSPS) is 29.6. The van der Waals surface area contributed by atoms with Gasteiger partial charge in [-0.05, 0) is 25.3 Å². The van der Waals surface area contributed by atoms with Crippen molar-refractivity contribution in [1.82, 2.24) is 0 Å². The van der Waals surface area contributed by atoms with Gasteiger partial charge in [0.2, 0.25) is 0 Å². The molecule has 1 rings (SSSR count). The summed E-state index contributed by atoms with van der Waals surface area (Å²) in [5, 5.41) is 17.4. The second-order valence-electron chi connectivity index (χ2n) is 3.77. The van der Waals surface area contributed by atoms with Crippen molar-refractivity contribution in [2.75, 3.05) is 0 Å². The van der Waals surface area contributed by atoms with Gasteiger partial charge in [0.05, 0.1) is 0 Å². The Labute approximate surface area is 82.2 Å². The molecule has 2 N–H and O–H groups in total. The van der Waals surface area contributed by atoms with Gasteiger partial charge in [-0.15, -0.1) is 0 Å². The van der Waals surface area contributed by atoms with Crippen LogP contribution in [-0.2, 0) is 0 Å². The summed E-state index contributed by atoms with van der Waals surface area (Å²) in [4.78, 5) is 0. The van der Waals surface area contributed by atoms with Crippen molar-refractivity contribution in [2.24, 2.45) is 5.92 Å².